The molecule has 0 saturated carbocycles. The lowest BCUT2D eigenvalue weighted by atomic mass is 10.2. The third-order valence-corrected chi connectivity index (χ3v) is 2.39. The van der Waals surface area contributed by atoms with E-state index in [2.05, 4.69) is 22.9 Å². The number of hydrogen-bond donors (Lipinski definition) is 1. The van der Waals surface area contributed by atoms with Crippen LogP contribution in [0.25, 0.3) is 0 Å². The van der Waals surface area contributed by atoms with E-state index in [0.717, 1.165) is 12.8 Å². The van der Waals surface area contributed by atoms with Gasteiger partial charge >= 0.3 is 0 Å². The van der Waals surface area contributed by atoms with Crippen molar-refractivity contribution in [3.05, 3.63) is 0 Å². The van der Waals surface area contributed by atoms with Crippen molar-refractivity contribution in [2.24, 2.45) is 5.73 Å². The standard InChI is InChI=1S/C5H10BrNS/c1-2-3-4(6)5(7)8/h4H,2-3H2,1H3,(H2,7,8). The van der Waals surface area contributed by atoms with Crippen LogP contribution in [0.3, 0.4) is 0 Å². The van der Waals surface area contributed by atoms with Crippen LogP contribution < -0.4 is 5.73 Å². The molecule has 0 spiro atoms. The molecule has 0 aliphatic heterocycles. The Hall–Kier alpha value is 0.370. The average Bonchev–Trinajstić information content (AvgIpc) is 1.67. The molecule has 2 N–H and O–H groups in total. The van der Waals surface area contributed by atoms with Crippen LogP contribution in [0.5, 0.6) is 0 Å². The van der Waals surface area contributed by atoms with Crippen LogP contribution in [-0.2, 0) is 0 Å². The van der Waals surface area contributed by atoms with E-state index in [4.69, 9.17) is 18.0 Å². The minimum Gasteiger partial charge on any atom is -0.392 e. The molecular weight excluding hydrogens is 186 g/mol. The molecule has 0 aliphatic rings. The Morgan fingerprint density at radius 3 is 2.50 bits per heavy atom. The number of nitrogens with two attached hydrogens (primary N) is 1. The lowest BCUT2D eigenvalue weighted by molar-refractivity contribution is 0.856. The molecular formula is C5H10BrNS. The third kappa shape index (κ3) is 3.38. The highest BCUT2D eigenvalue weighted by Crippen LogP contribution is 2.06. The first kappa shape index (κ1) is 8.37. The molecule has 1 nitrogen and oxygen atoms in total. The predicted octanol–water partition coefficient (Wildman–Crippen LogP) is 1.84. The van der Waals surface area contributed by atoms with E-state index in [1.165, 1.54) is 0 Å². The molecule has 0 aromatic heterocycles. The van der Waals surface area contributed by atoms with E-state index >= 15 is 0 Å². The summed E-state index contributed by atoms with van der Waals surface area (Å²) in [7, 11) is 0. The number of alkyl halides is 1. The van der Waals surface area contributed by atoms with Crippen LogP contribution in [-0.4, -0.2) is 9.82 Å². The molecule has 0 radical (unpaired) electrons. The molecule has 3 heteroatoms. The second-order valence-electron chi connectivity index (χ2n) is 1.66. The Kier molecular flexibility index (Phi) is 4.47. The van der Waals surface area contributed by atoms with Gasteiger partial charge in [-0.3, -0.25) is 0 Å². The third-order valence-electron chi connectivity index (χ3n) is 0.851. The van der Waals surface area contributed by atoms with E-state index in [0.29, 0.717) is 4.99 Å². The summed E-state index contributed by atoms with van der Waals surface area (Å²) >= 11 is 8.05. The van der Waals surface area contributed by atoms with Crippen molar-refractivity contribution in [1.82, 2.24) is 0 Å². The minimum absolute atomic E-state index is 0.238. The summed E-state index contributed by atoms with van der Waals surface area (Å²) in [5.41, 5.74) is 5.31. The Morgan fingerprint density at radius 2 is 2.38 bits per heavy atom. The molecule has 0 aliphatic carbocycles. The second-order valence-corrected chi connectivity index (χ2v) is 3.24. The maximum atomic E-state index is 5.31. The van der Waals surface area contributed by atoms with Crippen LogP contribution in [0.1, 0.15) is 19.8 Å². The Balaban J connectivity index is 3.32. The van der Waals surface area contributed by atoms with Gasteiger partial charge in [-0.1, -0.05) is 41.5 Å². The zero-order valence-corrected chi connectivity index (χ0v) is 7.26. The molecule has 0 heterocycles. The fourth-order valence-electron chi connectivity index (χ4n) is 0.396. The topological polar surface area (TPSA) is 26.0 Å². The van der Waals surface area contributed by atoms with Gasteiger partial charge in [0.1, 0.15) is 0 Å². The van der Waals surface area contributed by atoms with Gasteiger partial charge in [-0.15, -0.1) is 0 Å². The van der Waals surface area contributed by atoms with Gasteiger partial charge in [-0.25, -0.2) is 0 Å². The summed E-state index contributed by atoms with van der Waals surface area (Å²) in [5.74, 6) is 0. The zero-order chi connectivity index (χ0) is 6.57. The van der Waals surface area contributed by atoms with Crippen LogP contribution in [0.15, 0.2) is 0 Å². The molecule has 0 aromatic carbocycles. The van der Waals surface area contributed by atoms with Crippen LogP contribution in [0.2, 0.25) is 0 Å². The molecule has 8 heavy (non-hydrogen) atoms. The van der Waals surface area contributed by atoms with Crippen molar-refractivity contribution in [1.29, 1.82) is 0 Å². The number of halogens is 1. The lowest BCUT2D eigenvalue weighted by Crippen LogP contribution is -2.20. The van der Waals surface area contributed by atoms with Crippen molar-refractivity contribution in [3.8, 4) is 0 Å². The van der Waals surface area contributed by atoms with Gasteiger partial charge in [-0.05, 0) is 6.42 Å². The molecule has 1 atom stereocenters. The van der Waals surface area contributed by atoms with E-state index in [1.807, 2.05) is 0 Å². The first-order chi connectivity index (χ1) is 3.68. The summed E-state index contributed by atoms with van der Waals surface area (Å²) in [6.45, 7) is 2.10. The zero-order valence-electron chi connectivity index (χ0n) is 4.86. The number of hydrogen-bond acceptors (Lipinski definition) is 1. The largest absolute Gasteiger partial charge is 0.392 e. The molecule has 0 aromatic rings. The van der Waals surface area contributed by atoms with Gasteiger partial charge in [0.2, 0.25) is 0 Å². The highest BCUT2D eigenvalue weighted by atomic mass is 79.9. The monoisotopic (exact) mass is 195 g/mol. The summed E-state index contributed by atoms with van der Waals surface area (Å²) in [6.07, 6.45) is 2.16. The van der Waals surface area contributed by atoms with E-state index in [1.54, 1.807) is 0 Å². The second kappa shape index (κ2) is 4.27. The normalized spacial score (nSPS) is 13.2. The fraction of sp³-hybridized carbons (Fsp3) is 0.800. The SMILES string of the molecule is CCCC(Br)C(N)=S. The molecule has 0 amide bonds. The summed E-state index contributed by atoms with van der Waals surface area (Å²) in [5, 5.41) is 0. The molecule has 1 unspecified atom stereocenters. The molecule has 48 valence electrons. The number of rotatable bonds is 3. The van der Waals surface area contributed by atoms with Gasteiger partial charge in [0.15, 0.2) is 0 Å². The van der Waals surface area contributed by atoms with Crippen LogP contribution >= 0.6 is 28.1 Å². The lowest BCUT2D eigenvalue weighted by Gasteiger charge is -2.02. The summed E-state index contributed by atoms with van der Waals surface area (Å²) in [6, 6.07) is 0. The average molecular weight is 196 g/mol. The quantitative estimate of drug-likeness (QED) is 0.550. The van der Waals surface area contributed by atoms with Gasteiger partial charge in [0, 0.05) is 0 Å². The van der Waals surface area contributed by atoms with E-state index in [9.17, 15) is 0 Å². The highest BCUT2D eigenvalue weighted by molar-refractivity contribution is 9.10. The first-order valence-corrected chi connectivity index (χ1v) is 3.94. The van der Waals surface area contributed by atoms with Gasteiger partial charge < -0.3 is 5.73 Å². The maximum Gasteiger partial charge on any atom is 0.0865 e. The molecule has 0 fully saturated rings. The Bertz CT molecular complexity index is 84.5. The Labute approximate surface area is 63.8 Å². The van der Waals surface area contributed by atoms with Crippen molar-refractivity contribution in [2.45, 2.75) is 24.6 Å². The summed E-state index contributed by atoms with van der Waals surface area (Å²) < 4.78 is 0. The van der Waals surface area contributed by atoms with E-state index < -0.39 is 0 Å². The predicted molar refractivity (Wildman–Crippen MR) is 44.4 cm³/mol. The van der Waals surface area contributed by atoms with Crippen molar-refractivity contribution >= 4 is 33.1 Å². The van der Waals surface area contributed by atoms with Gasteiger partial charge in [0.25, 0.3) is 0 Å². The highest BCUT2D eigenvalue weighted by Gasteiger charge is 2.02. The van der Waals surface area contributed by atoms with E-state index in [-0.39, 0.29) is 4.83 Å². The maximum absolute atomic E-state index is 5.31. The molecule has 0 bridgehead atoms. The smallest absolute Gasteiger partial charge is 0.0865 e. The number of thiocarbonyl (C=S) groups is 1. The van der Waals surface area contributed by atoms with Gasteiger partial charge in [-0.2, -0.15) is 0 Å². The van der Waals surface area contributed by atoms with Crippen molar-refractivity contribution in [3.63, 3.8) is 0 Å². The van der Waals surface area contributed by atoms with Gasteiger partial charge in [0.05, 0.1) is 9.82 Å². The van der Waals surface area contributed by atoms with Crippen molar-refractivity contribution in [2.75, 3.05) is 0 Å². The summed E-state index contributed by atoms with van der Waals surface area (Å²) in [4.78, 5) is 0.800. The fourth-order valence-corrected chi connectivity index (χ4v) is 0.971. The Morgan fingerprint density at radius 1 is 1.88 bits per heavy atom. The van der Waals surface area contributed by atoms with Crippen LogP contribution in [0.4, 0.5) is 0 Å². The van der Waals surface area contributed by atoms with Crippen LogP contribution in [0, 0.1) is 0 Å². The van der Waals surface area contributed by atoms with Crippen molar-refractivity contribution < 1.29 is 0 Å². The first-order valence-electron chi connectivity index (χ1n) is 2.62. The molecule has 0 rings (SSSR count). The molecule has 0 saturated heterocycles. The minimum atomic E-state index is 0.238.